The van der Waals surface area contributed by atoms with Crippen LogP contribution in [-0.2, 0) is 4.74 Å². The molecule has 1 N–H and O–H groups in total. The number of benzene rings is 1. The maximum absolute atomic E-state index is 13.1. The maximum Gasteiger partial charge on any atom is 0.277 e. The van der Waals surface area contributed by atoms with Crippen molar-refractivity contribution in [2.75, 3.05) is 38.3 Å². The molecule has 31 heavy (non-hydrogen) atoms. The van der Waals surface area contributed by atoms with Gasteiger partial charge in [0.15, 0.2) is 5.52 Å². The lowest BCUT2D eigenvalue weighted by Gasteiger charge is -2.28. The molecule has 4 aromatic rings. The Balaban J connectivity index is 1.61. The Hall–Kier alpha value is -3.72. The number of aryl methyl sites for hydroxylation is 1. The van der Waals surface area contributed by atoms with Crippen LogP contribution in [-0.4, -0.2) is 58.1 Å². The minimum Gasteiger partial charge on any atom is -0.480 e. The van der Waals surface area contributed by atoms with Gasteiger partial charge in [-0.05, 0) is 31.2 Å². The molecule has 0 amide bonds. The fourth-order valence-corrected chi connectivity index (χ4v) is 3.78. The number of fused-ring (bicyclic) bond motifs is 1. The van der Waals surface area contributed by atoms with Gasteiger partial charge in [-0.2, -0.15) is 10.1 Å². The molecule has 1 aromatic carbocycles. The number of morpholine rings is 1. The number of ether oxygens (including phenoxy) is 2. The zero-order valence-electron chi connectivity index (χ0n) is 17.3. The highest BCUT2D eigenvalue weighted by Gasteiger charge is 2.20. The van der Waals surface area contributed by atoms with Gasteiger partial charge in [0.1, 0.15) is 17.2 Å². The van der Waals surface area contributed by atoms with Crippen molar-refractivity contribution in [1.82, 2.24) is 24.7 Å². The van der Waals surface area contributed by atoms with Crippen LogP contribution in [0.4, 0.5) is 5.82 Å². The molecule has 1 aliphatic heterocycles. The molecule has 3 aromatic heterocycles. The summed E-state index contributed by atoms with van der Waals surface area (Å²) in [5, 5.41) is 4.54. The topological polar surface area (TPSA) is 98.2 Å². The number of anilines is 1. The fraction of sp³-hybridized carbons (Fsp3) is 0.273. The van der Waals surface area contributed by atoms with E-state index in [1.165, 1.54) is 0 Å². The predicted molar refractivity (Wildman–Crippen MR) is 117 cm³/mol. The molecule has 0 unspecified atom stereocenters. The van der Waals surface area contributed by atoms with Crippen LogP contribution in [0, 0.1) is 6.92 Å². The number of H-pyrrole nitrogens is 1. The summed E-state index contributed by atoms with van der Waals surface area (Å²) in [5.41, 5.74) is 2.76. The zero-order chi connectivity index (χ0) is 21.4. The van der Waals surface area contributed by atoms with Gasteiger partial charge in [0.2, 0.25) is 5.88 Å². The van der Waals surface area contributed by atoms with Crippen LogP contribution in [0.5, 0.6) is 5.88 Å². The van der Waals surface area contributed by atoms with Crippen LogP contribution in [0.1, 0.15) is 5.69 Å². The summed E-state index contributed by atoms with van der Waals surface area (Å²) in [7, 11) is 1.56. The minimum atomic E-state index is -0.274. The van der Waals surface area contributed by atoms with E-state index in [9.17, 15) is 4.79 Å². The molecule has 4 heterocycles. The van der Waals surface area contributed by atoms with E-state index in [1.807, 2.05) is 49.4 Å². The highest BCUT2D eigenvalue weighted by atomic mass is 16.5. The van der Waals surface area contributed by atoms with Gasteiger partial charge in [-0.25, -0.2) is 9.67 Å². The van der Waals surface area contributed by atoms with Gasteiger partial charge in [0.25, 0.3) is 5.56 Å². The molecule has 1 fully saturated rings. The molecule has 9 nitrogen and oxygen atoms in total. The lowest BCUT2D eigenvalue weighted by Crippen LogP contribution is -2.36. The first-order chi connectivity index (χ1) is 15.2. The third-order valence-corrected chi connectivity index (χ3v) is 5.33. The third kappa shape index (κ3) is 3.42. The second-order valence-corrected chi connectivity index (χ2v) is 7.27. The number of aromatic amines is 1. The van der Waals surface area contributed by atoms with Crippen LogP contribution >= 0.6 is 0 Å². The van der Waals surface area contributed by atoms with Crippen LogP contribution in [0.25, 0.3) is 28.1 Å². The standard InChI is InChI=1S/C22H22N6O3/c1-14-18-19(28(26-14)15-6-4-3-5-7-15)21(29)25-20(24-18)16-8-9-17(23-22(16)30-2)27-10-12-31-13-11-27/h3-9H,10-13H2,1-2H3,(H,24,25,29). The number of rotatable bonds is 4. The molecule has 0 atom stereocenters. The van der Waals surface area contributed by atoms with E-state index in [1.54, 1.807) is 11.8 Å². The third-order valence-electron chi connectivity index (χ3n) is 5.33. The Labute approximate surface area is 178 Å². The molecular weight excluding hydrogens is 396 g/mol. The second-order valence-electron chi connectivity index (χ2n) is 7.27. The van der Waals surface area contributed by atoms with E-state index in [0.29, 0.717) is 47.2 Å². The van der Waals surface area contributed by atoms with E-state index in [-0.39, 0.29) is 5.56 Å². The Morgan fingerprint density at radius 3 is 2.58 bits per heavy atom. The summed E-state index contributed by atoms with van der Waals surface area (Å²) >= 11 is 0. The van der Waals surface area contributed by atoms with Gasteiger partial charge >= 0.3 is 0 Å². The number of hydrogen-bond acceptors (Lipinski definition) is 7. The van der Waals surface area contributed by atoms with Crippen LogP contribution in [0.3, 0.4) is 0 Å². The number of nitrogens with one attached hydrogen (secondary N) is 1. The van der Waals surface area contributed by atoms with Gasteiger partial charge in [-0.15, -0.1) is 0 Å². The van der Waals surface area contributed by atoms with Crippen molar-refractivity contribution in [1.29, 1.82) is 0 Å². The van der Waals surface area contributed by atoms with Gasteiger partial charge in [-0.1, -0.05) is 18.2 Å². The molecule has 9 heteroatoms. The van der Waals surface area contributed by atoms with E-state index >= 15 is 0 Å². The molecule has 1 saturated heterocycles. The first kappa shape index (κ1) is 19.3. The Bertz CT molecular complexity index is 1290. The highest BCUT2D eigenvalue weighted by Crippen LogP contribution is 2.29. The van der Waals surface area contributed by atoms with Crippen molar-refractivity contribution in [2.24, 2.45) is 0 Å². The van der Waals surface area contributed by atoms with Gasteiger partial charge in [0.05, 0.1) is 37.3 Å². The summed E-state index contributed by atoms with van der Waals surface area (Å²) < 4.78 is 12.6. The number of methoxy groups -OCH3 is 1. The minimum absolute atomic E-state index is 0.274. The second kappa shape index (κ2) is 7.84. The van der Waals surface area contributed by atoms with Crippen molar-refractivity contribution in [3.8, 4) is 23.0 Å². The smallest absolute Gasteiger partial charge is 0.277 e. The van der Waals surface area contributed by atoms with E-state index in [2.05, 4.69) is 20.0 Å². The average Bonchev–Trinajstić information content (AvgIpc) is 3.16. The number of hydrogen-bond donors (Lipinski definition) is 1. The molecular formula is C22H22N6O3. The number of nitrogens with zero attached hydrogens (tertiary/aromatic N) is 5. The molecule has 0 radical (unpaired) electrons. The number of aromatic nitrogens is 5. The highest BCUT2D eigenvalue weighted by molar-refractivity contribution is 5.81. The van der Waals surface area contributed by atoms with Crippen molar-refractivity contribution in [3.05, 3.63) is 58.5 Å². The van der Waals surface area contributed by atoms with Crippen molar-refractivity contribution < 1.29 is 9.47 Å². The summed E-state index contributed by atoms with van der Waals surface area (Å²) in [6, 6.07) is 13.3. The van der Waals surface area contributed by atoms with Crippen molar-refractivity contribution in [3.63, 3.8) is 0 Å². The first-order valence-corrected chi connectivity index (χ1v) is 10.1. The van der Waals surface area contributed by atoms with Gasteiger partial charge in [0, 0.05) is 13.1 Å². The monoisotopic (exact) mass is 418 g/mol. The average molecular weight is 418 g/mol. The Kier molecular flexibility index (Phi) is 4.87. The maximum atomic E-state index is 13.1. The van der Waals surface area contributed by atoms with Gasteiger partial charge < -0.3 is 19.4 Å². The fourth-order valence-electron chi connectivity index (χ4n) is 3.78. The van der Waals surface area contributed by atoms with Crippen LogP contribution in [0.15, 0.2) is 47.3 Å². The Morgan fingerprint density at radius 2 is 1.84 bits per heavy atom. The summed E-state index contributed by atoms with van der Waals surface area (Å²) in [4.78, 5) is 27.4. The van der Waals surface area contributed by atoms with Gasteiger partial charge in [-0.3, -0.25) is 4.79 Å². The number of pyridine rings is 1. The molecule has 0 spiro atoms. The molecule has 0 aliphatic carbocycles. The summed E-state index contributed by atoms with van der Waals surface area (Å²) in [6.07, 6.45) is 0. The molecule has 0 bridgehead atoms. The van der Waals surface area contributed by atoms with Crippen LogP contribution in [0.2, 0.25) is 0 Å². The largest absolute Gasteiger partial charge is 0.480 e. The Morgan fingerprint density at radius 1 is 1.06 bits per heavy atom. The number of para-hydroxylation sites is 1. The first-order valence-electron chi connectivity index (χ1n) is 10.1. The molecule has 158 valence electrons. The lowest BCUT2D eigenvalue weighted by molar-refractivity contribution is 0.122. The predicted octanol–water partition coefficient (Wildman–Crippen LogP) is 2.32. The van der Waals surface area contributed by atoms with E-state index < -0.39 is 0 Å². The SMILES string of the molecule is COc1nc(N2CCOCC2)ccc1-c1nc2c(C)nn(-c3ccccc3)c2c(=O)[nH]1. The van der Waals surface area contributed by atoms with E-state index in [0.717, 1.165) is 24.6 Å². The van der Waals surface area contributed by atoms with Crippen LogP contribution < -0.4 is 15.2 Å². The summed E-state index contributed by atoms with van der Waals surface area (Å²) in [5.74, 6) is 1.60. The zero-order valence-corrected chi connectivity index (χ0v) is 17.3. The van der Waals surface area contributed by atoms with Crippen molar-refractivity contribution >= 4 is 16.9 Å². The summed E-state index contributed by atoms with van der Waals surface area (Å²) in [6.45, 7) is 4.72. The quantitative estimate of drug-likeness (QED) is 0.543. The molecule has 5 rings (SSSR count). The lowest BCUT2D eigenvalue weighted by atomic mass is 10.2. The van der Waals surface area contributed by atoms with E-state index in [4.69, 9.17) is 14.5 Å². The molecule has 1 aliphatic rings. The molecule has 0 saturated carbocycles. The normalized spacial score (nSPS) is 14.2. The van der Waals surface area contributed by atoms with Crippen molar-refractivity contribution in [2.45, 2.75) is 6.92 Å².